The minimum atomic E-state index is -1.57. The SMILES string of the molecule is CCCCCCC/C=C\C/C=C\CCCCCCCCCCCCCCCCCCCC(=O)NC(COC1OC(CO)C(O)C(O)C1O)C(O)/C=C/CC/C=C/CCCCCCCCCCCCCCCCCC. The van der Waals surface area contributed by atoms with Gasteiger partial charge < -0.3 is 40.3 Å². The van der Waals surface area contributed by atoms with Crippen molar-refractivity contribution in [3.05, 3.63) is 48.6 Å². The van der Waals surface area contributed by atoms with Gasteiger partial charge in [0, 0.05) is 6.42 Å². The average Bonchev–Trinajstić information content (AvgIpc) is 3.40. The lowest BCUT2D eigenvalue weighted by molar-refractivity contribution is -0.302. The van der Waals surface area contributed by atoms with Gasteiger partial charge in [-0.1, -0.05) is 281 Å². The molecule has 6 N–H and O–H groups in total. The average molecular weight is 1040 g/mol. The van der Waals surface area contributed by atoms with E-state index >= 15 is 0 Å². The summed E-state index contributed by atoms with van der Waals surface area (Å²) < 4.78 is 11.3. The summed E-state index contributed by atoms with van der Waals surface area (Å²) in [5.41, 5.74) is 0. The summed E-state index contributed by atoms with van der Waals surface area (Å²) in [4.78, 5) is 13.1. The zero-order chi connectivity index (χ0) is 53.6. The molecule has 1 amide bonds. The van der Waals surface area contributed by atoms with Gasteiger partial charge >= 0.3 is 0 Å². The second kappa shape index (κ2) is 54.5. The predicted octanol–water partition coefficient (Wildman–Crippen LogP) is 16.5. The lowest BCUT2D eigenvalue weighted by atomic mass is 9.99. The number of aliphatic hydroxyl groups is 5. The summed E-state index contributed by atoms with van der Waals surface area (Å²) in [7, 11) is 0. The molecule has 0 aliphatic carbocycles. The minimum absolute atomic E-state index is 0.183. The van der Waals surface area contributed by atoms with Crippen LogP contribution >= 0.6 is 0 Å². The molecule has 1 rings (SSSR count). The molecule has 434 valence electrons. The van der Waals surface area contributed by atoms with Crippen LogP contribution < -0.4 is 5.32 Å². The Kier molecular flexibility index (Phi) is 51.7. The van der Waals surface area contributed by atoms with Crippen LogP contribution in [0.4, 0.5) is 0 Å². The van der Waals surface area contributed by atoms with Crippen LogP contribution in [-0.2, 0) is 14.3 Å². The molecule has 1 fully saturated rings. The molecule has 0 bridgehead atoms. The molecule has 0 radical (unpaired) electrons. The highest BCUT2D eigenvalue weighted by Gasteiger charge is 2.44. The first-order valence-electron chi connectivity index (χ1n) is 31.9. The van der Waals surface area contributed by atoms with Crippen molar-refractivity contribution in [2.75, 3.05) is 13.2 Å². The first kappa shape index (κ1) is 70.2. The fourth-order valence-corrected chi connectivity index (χ4v) is 10.1. The Morgan fingerprint density at radius 2 is 0.811 bits per heavy atom. The van der Waals surface area contributed by atoms with Crippen LogP contribution in [0.5, 0.6) is 0 Å². The minimum Gasteiger partial charge on any atom is -0.394 e. The molecule has 0 spiro atoms. The normalized spacial score (nSPS) is 19.3. The largest absolute Gasteiger partial charge is 0.394 e. The third kappa shape index (κ3) is 43.2. The van der Waals surface area contributed by atoms with Crippen molar-refractivity contribution in [1.82, 2.24) is 5.32 Å². The summed E-state index contributed by atoms with van der Waals surface area (Å²) in [6, 6.07) is -0.822. The summed E-state index contributed by atoms with van der Waals surface area (Å²) in [5, 5.41) is 54.6. The second-order valence-corrected chi connectivity index (χ2v) is 22.2. The van der Waals surface area contributed by atoms with Crippen molar-refractivity contribution in [3.8, 4) is 0 Å². The summed E-state index contributed by atoms with van der Waals surface area (Å²) >= 11 is 0. The topological polar surface area (TPSA) is 149 Å². The van der Waals surface area contributed by atoms with Crippen molar-refractivity contribution < 1.29 is 39.8 Å². The molecule has 1 heterocycles. The van der Waals surface area contributed by atoms with Crippen LogP contribution in [0.1, 0.15) is 303 Å². The molecule has 7 unspecified atom stereocenters. The van der Waals surface area contributed by atoms with Crippen molar-refractivity contribution in [2.45, 2.75) is 346 Å². The zero-order valence-electron chi connectivity index (χ0n) is 48.4. The van der Waals surface area contributed by atoms with Gasteiger partial charge in [-0.05, 0) is 64.2 Å². The van der Waals surface area contributed by atoms with E-state index in [0.29, 0.717) is 6.42 Å². The number of carbonyl (C=O) groups is 1. The third-order valence-corrected chi connectivity index (χ3v) is 15.1. The van der Waals surface area contributed by atoms with E-state index in [2.05, 4.69) is 55.6 Å². The highest BCUT2D eigenvalue weighted by molar-refractivity contribution is 5.76. The van der Waals surface area contributed by atoms with E-state index in [1.165, 1.54) is 238 Å². The second-order valence-electron chi connectivity index (χ2n) is 22.2. The fourth-order valence-electron chi connectivity index (χ4n) is 10.1. The number of aliphatic hydroxyl groups excluding tert-OH is 5. The molecule has 1 aliphatic heterocycles. The number of hydrogen-bond acceptors (Lipinski definition) is 8. The Labute approximate surface area is 456 Å². The first-order valence-corrected chi connectivity index (χ1v) is 31.9. The predicted molar refractivity (Wildman–Crippen MR) is 313 cm³/mol. The van der Waals surface area contributed by atoms with E-state index in [-0.39, 0.29) is 12.5 Å². The van der Waals surface area contributed by atoms with Gasteiger partial charge in [0.15, 0.2) is 6.29 Å². The molecule has 0 aromatic carbocycles. The highest BCUT2D eigenvalue weighted by Crippen LogP contribution is 2.23. The number of carbonyl (C=O) groups excluding carboxylic acids is 1. The van der Waals surface area contributed by atoms with Crippen LogP contribution in [0, 0.1) is 0 Å². The molecule has 7 atom stereocenters. The molecule has 0 aromatic heterocycles. The molecular formula is C65H121NO8. The smallest absolute Gasteiger partial charge is 0.220 e. The molecule has 1 saturated heterocycles. The maximum Gasteiger partial charge on any atom is 0.220 e. The van der Waals surface area contributed by atoms with E-state index < -0.39 is 49.5 Å². The Balaban J connectivity index is 2.18. The zero-order valence-corrected chi connectivity index (χ0v) is 48.4. The molecule has 0 saturated carbocycles. The Morgan fingerprint density at radius 3 is 1.22 bits per heavy atom. The molecule has 1 aliphatic rings. The van der Waals surface area contributed by atoms with Crippen LogP contribution in [0.3, 0.4) is 0 Å². The summed E-state index contributed by atoms with van der Waals surface area (Å²) in [5.74, 6) is -0.183. The van der Waals surface area contributed by atoms with Gasteiger partial charge in [0.2, 0.25) is 5.91 Å². The number of ether oxygens (including phenoxy) is 2. The highest BCUT2D eigenvalue weighted by atomic mass is 16.7. The van der Waals surface area contributed by atoms with Crippen LogP contribution in [0.15, 0.2) is 48.6 Å². The van der Waals surface area contributed by atoms with E-state index in [1.54, 1.807) is 6.08 Å². The number of amides is 1. The standard InChI is InChI=1S/C65H121NO8/c1-3-5-7-9-11-13-15-17-19-21-23-25-27-28-29-30-31-32-33-35-37-39-41-43-45-47-49-51-53-55-61(69)66-58(57-73-65-64(72)63(71)62(70)60(56-67)74-65)59(68)54-52-50-48-46-44-42-40-38-36-34-26-24-22-20-18-16-14-12-10-8-6-4-2/h15,17,21,23,44,46,52,54,58-60,62-65,67-68,70-72H,3-14,16,18-20,22,24-43,45,47-51,53,55-57H2,1-2H3,(H,66,69)/b17-15-,23-21-,46-44+,54-52+. The van der Waals surface area contributed by atoms with Gasteiger partial charge in [-0.15, -0.1) is 0 Å². The van der Waals surface area contributed by atoms with Crippen LogP contribution in [0.2, 0.25) is 0 Å². The number of unbranched alkanes of at least 4 members (excludes halogenated alkanes) is 39. The molecule has 0 aromatic rings. The molecular weight excluding hydrogens is 923 g/mol. The monoisotopic (exact) mass is 1040 g/mol. The maximum atomic E-state index is 13.1. The molecule has 9 heteroatoms. The van der Waals surface area contributed by atoms with E-state index in [9.17, 15) is 30.3 Å². The van der Waals surface area contributed by atoms with Gasteiger partial charge in [0.1, 0.15) is 24.4 Å². The van der Waals surface area contributed by atoms with Crippen LogP contribution in [-0.4, -0.2) is 87.5 Å². The number of rotatable bonds is 55. The van der Waals surface area contributed by atoms with Crippen molar-refractivity contribution in [3.63, 3.8) is 0 Å². The first-order chi connectivity index (χ1) is 36.3. The summed E-state index contributed by atoms with van der Waals surface area (Å²) in [6.45, 7) is 3.79. The van der Waals surface area contributed by atoms with Crippen LogP contribution in [0.25, 0.3) is 0 Å². The molecule has 9 nitrogen and oxygen atoms in total. The van der Waals surface area contributed by atoms with Gasteiger partial charge in [-0.2, -0.15) is 0 Å². The van der Waals surface area contributed by atoms with Gasteiger partial charge in [-0.3, -0.25) is 4.79 Å². The lowest BCUT2D eigenvalue weighted by Gasteiger charge is -2.40. The fraction of sp³-hybridized carbons (Fsp3) is 0.862. The maximum absolute atomic E-state index is 13.1. The summed E-state index contributed by atoms with van der Waals surface area (Å²) in [6.07, 6.45) is 66.2. The van der Waals surface area contributed by atoms with E-state index in [1.807, 2.05) is 6.08 Å². The van der Waals surface area contributed by atoms with Gasteiger partial charge in [0.25, 0.3) is 0 Å². The van der Waals surface area contributed by atoms with E-state index in [4.69, 9.17) is 9.47 Å². The number of nitrogens with one attached hydrogen (secondary N) is 1. The third-order valence-electron chi connectivity index (χ3n) is 15.1. The molecule has 74 heavy (non-hydrogen) atoms. The number of allylic oxidation sites excluding steroid dienone is 7. The van der Waals surface area contributed by atoms with Crippen molar-refractivity contribution in [2.24, 2.45) is 0 Å². The van der Waals surface area contributed by atoms with Gasteiger partial charge in [0.05, 0.1) is 25.4 Å². The Morgan fingerprint density at radius 1 is 0.459 bits per heavy atom. The van der Waals surface area contributed by atoms with Gasteiger partial charge in [-0.25, -0.2) is 0 Å². The quantitative estimate of drug-likeness (QED) is 0.0261. The Bertz CT molecular complexity index is 1300. The van der Waals surface area contributed by atoms with Crippen molar-refractivity contribution >= 4 is 5.91 Å². The van der Waals surface area contributed by atoms with E-state index in [0.717, 1.165) is 44.9 Å². The lowest BCUT2D eigenvalue weighted by Crippen LogP contribution is -2.60. The Hall–Kier alpha value is -1.85. The number of hydrogen-bond donors (Lipinski definition) is 6. The van der Waals surface area contributed by atoms with Crippen molar-refractivity contribution in [1.29, 1.82) is 0 Å².